The fourth-order valence-electron chi connectivity index (χ4n) is 2.60. The van der Waals surface area contributed by atoms with E-state index in [1.165, 1.54) is 0 Å². The van der Waals surface area contributed by atoms with E-state index < -0.39 is 6.10 Å². The summed E-state index contributed by atoms with van der Waals surface area (Å²) in [6.07, 6.45) is 1.16. The Bertz CT molecular complexity index is 867. The fourth-order valence-corrected chi connectivity index (χ4v) is 2.60. The van der Waals surface area contributed by atoms with Crippen LogP contribution in [0.2, 0.25) is 0 Å². The van der Waals surface area contributed by atoms with E-state index in [4.69, 9.17) is 5.73 Å². The summed E-state index contributed by atoms with van der Waals surface area (Å²) in [5.74, 6) is 0.294. The predicted octanol–water partition coefficient (Wildman–Crippen LogP) is 3.65. The van der Waals surface area contributed by atoms with Gasteiger partial charge in [-0.15, -0.1) is 5.10 Å². The Hall–Kier alpha value is -2.98. The van der Waals surface area contributed by atoms with E-state index in [2.05, 4.69) is 10.2 Å². The lowest BCUT2D eigenvalue weighted by molar-refractivity contribution is 0.187. The molecule has 0 bridgehead atoms. The number of benzene rings is 3. The highest BCUT2D eigenvalue weighted by molar-refractivity contribution is 5.87. The third-order valence-corrected chi connectivity index (χ3v) is 3.78. The van der Waals surface area contributed by atoms with Crippen LogP contribution in [0.1, 0.15) is 23.7 Å². The van der Waals surface area contributed by atoms with Crippen LogP contribution in [0.15, 0.2) is 83.0 Å². The largest absolute Gasteiger partial charge is 0.388 e. The first-order valence-corrected chi connectivity index (χ1v) is 7.80. The molecule has 120 valence electrons. The van der Waals surface area contributed by atoms with E-state index in [1.54, 1.807) is 6.21 Å². The molecule has 0 fully saturated rings. The molecular formula is C20H19N3O. The molecule has 1 unspecified atom stereocenters. The zero-order chi connectivity index (χ0) is 16.8. The topological polar surface area (TPSA) is 71.0 Å². The number of nitrogens with zero attached hydrogens (tertiary/aromatic N) is 2. The molecule has 3 aromatic carbocycles. The van der Waals surface area contributed by atoms with E-state index in [-0.39, 0.29) is 6.42 Å². The lowest BCUT2D eigenvalue weighted by Crippen LogP contribution is -2.15. The molecule has 0 aliphatic rings. The first kappa shape index (κ1) is 15.9. The minimum absolute atomic E-state index is 0.236. The minimum atomic E-state index is -0.716. The summed E-state index contributed by atoms with van der Waals surface area (Å²) in [7, 11) is 0. The smallest absolute Gasteiger partial charge is 0.125 e. The van der Waals surface area contributed by atoms with Crippen LogP contribution < -0.4 is 5.73 Å². The van der Waals surface area contributed by atoms with Crippen LogP contribution in [-0.4, -0.2) is 17.2 Å². The van der Waals surface area contributed by atoms with Gasteiger partial charge in [0.05, 0.1) is 12.3 Å². The van der Waals surface area contributed by atoms with Gasteiger partial charge < -0.3 is 10.8 Å². The van der Waals surface area contributed by atoms with Gasteiger partial charge in [0.25, 0.3) is 0 Å². The molecule has 3 N–H and O–H groups in total. The van der Waals surface area contributed by atoms with Crippen molar-refractivity contribution in [2.75, 3.05) is 0 Å². The van der Waals surface area contributed by atoms with E-state index in [0.29, 0.717) is 5.84 Å². The van der Waals surface area contributed by atoms with Gasteiger partial charge in [0.2, 0.25) is 0 Å². The van der Waals surface area contributed by atoms with Crippen molar-refractivity contribution in [2.45, 2.75) is 12.5 Å². The van der Waals surface area contributed by atoms with Crippen LogP contribution >= 0.6 is 0 Å². The molecule has 4 heteroatoms. The van der Waals surface area contributed by atoms with Gasteiger partial charge in [-0.1, -0.05) is 72.8 Å². The van der Waals surface area contributed by atoms with E-state index in [0.717, 1.165) is 21.9 Å². The lowest BCUT2D eigenvalue weighted by atomic mass is 9.98. The van der Waals surface area contributed by atoms with Crippen molar-refractivity contribution in [2.24, 2.45) is 15.9 Å². The van der Waals surface area contributed by atoms with Gasteiger partial charge in [0.1, 0.15) is 5.84 Å². The Kier molecular flexibility index (Phi) is 4.99. The summed E-state index contributed by atoms with van der Waals surface area (Å²) in [5.41, 5.74) is 7.69. The molecule has 0 saturated heterocycles. The molecular weight excluding hydrogens is 298 g/mol. The number of nitrogens with two attached hydrogens (primary N) is 1. The number of hydrogen-bond donors (Lipinski definition) is 2. The Morgan fingerprint density at radius 2 is 1.67 bits per heavy atom. The number of aliphatic hydroxyl groups is 1. The molecule has 1 atom stereocenters. The molecule has 0 aliphatic heterocycles. The second-order valence-electron chi connectivity index (χ2n) is 5.53. The summed E-state index contributed by atoms with van der Waals surface area (Å²) < 4.78 is 0. The van der Waals surface area contributed by atoms with Gasteiger partial charge in [-0.05, 0) is 21.9 Å². The van der Waals surface area contributed by atoms with Gasteiger partial charge in [-0.25, -0.2) is 0 Å². The second-order valence-corrected chi connectivity index (χ2v) is 5.53. The maximum Gasteiger partial charge on any atom is 0.125 e. The quantitative estimate of drug-likeness (QED) is 0.428. The molecule has 0 spiro atoms. The zero-order valence-electron chi connectivity index (χ0n) is 13.2. The van der Waals surface area contributed by atoms with Gasteiger partial charge in [-0.3, -0.25) is 0 Å². The number of amidine groups is 1. The highest BCUT2D eigenvalue weighted by Crippen LogP contribution is 2.26. The first-order valence-electron chi connectivity index (χ1n) is 7.80. The molecule has 0 radical (unpaired) electrons. The summed E-state index contributed by atoms with van der Waals surface area (Å²) in [6.45, 7) is 0. The molecule has 0 heterocycles. The molecule has 3 aromatic rings. The number of aliphatic hydroxyl groups excluding tert-OH is 1. The van der Waals surface area contributed by atoms with E-state index >= 15 is 0 Å². The third-order valence-electron chi connectivity index (χ3n) is 3.78. The van der Waals surface area contributed by atoms with Crippen molar-refractivity contribution < 1.29 is 5.11 Å². The molecule has 0 amide bonds. The molecule has 4 nitrogen and oxygen atoms in total. The molecule has 0 saturated carbocycles. The number of fused-ring (bicyclic) bond motifs is 1. The Labute approximate surface area is 141 Å². The van der Waals surface area contributed by atoms with Gasteiger partial charge in [0.15, 0.2) is 0 Å². The SMILES string of the molecule is N/C(CC(O)c1cccc2ccccc12)=N\N=C\c1ccccc1. The minimum Gasteiger partial charge on any atom is -0.388 e. The van der Waals surface area contributed by atoms with Crippen LogP contribution in [0.25, 0.3) is 10.8 Å². The Morgan fingerprint density at radius 3 is 2.50 bits per heavy atom. The van der Waals surface area contributed by atoms with E-state index in [1.807, 2.05) is 72.8 Å². The summed E-state index contributed by atoms with van der Waals surface area (Å²) >= 11 is 0. The van der Waals surface area contributed by atoms with Crippen LogP contribution in [0.4, 0.5) is 0 Å². The van der Waals surface area contributed by atoms with Crippen molar-refractivity contribution in [1.82, 2.24) is 0 Å². The average Bonchev–Trinajstić information content (AvgIpc) is 2.62. The highest BCUT2D eigenvalue weighted by atomic mass is 16.3. The van der Waals surface area contributed by atoms with Crippen LogP contribution in [0.5, 0.6) is 0 Å². The maximum absolute atomic E-state index is 10.5. The van der Waals surface area contributed by atoms with Gasteiger partial charge in [-0.2, -0.15) is 5.10 Å². The van der Waals surface area contributed by atoms with Crippen molar-refractivity contribution in [3.63, 3.8) is 0 Å². The Balaban J connectivity index is 1.72. The summed E-state index contributed by atoms with van der Waals surface area (Å²) in [5, 5.41) is 20.5. The summed E-state index contributed by atoms with van der Waals surface area (Å²) in [6, 6.07) is 23.5. The van der Waals surface area contributed by atoms with Gasteiger partial charge in [0, 0.05) is 6.42 Å². The molecule has 0 aromatic heterocycles. The van der Waals surface area contributed by atoms with Crippen LogP contribution in [0.3, 0.4) is 0 Å². The molecule has 0 aliphatic carbocycles. The average molecular weight is 317 g/mol. The molecule has 24 heavy (non-hydrogen) atoms. The summed E-state index contributed by atoms with van der Waals surface area (Å²) in [4.78, 5) is 0. The molecule has 3 rings (SSSR count). The standard InChI is InChI=1S/C20H19N3O/c21-20(23-22-14-15-7-2-1-3-8-15)13-19(24)18-12-6-10-16-9-4-5-11-17(16)18/h1-12,14,19,24H,13H2,(H2,21,23)/b22-14+. The van der Waals surface area contributed by atoms with Crippen molar-refractivity contribution in [1.29, 1.82) is 0 Å². The van der Waals surface area contributed by atoms with Crippen LogP contribution in [-0.2, 0) is 0 Å². The monoisotopic (exact) mass is 317 g/mol. The predicted molar refractivity (Wildman–Crippen MR) is 99.2 cm³/mol. The van der Waals surface area contributed by atoms with Crippen molar-refractivity contribution in [3.8, 4) is 0 Å². The maximum atomic E-state index is 10.5. The zero-order valence-corrected chi connectivity index (χ0v) is 13.2. The fraction of sp³-hybridized carbons (Fsp3) is 0.100. The normalized spacial score (nSPS) is 13.5. The Morgan fingerprint density at radius 1 is 0.958 bits per heavy atom. The number of rotatable bonds is 5. The number of hydrogen-bond acceptors (Lipinski definition) is 3. The van der Waals surface area contributed by atoms with Crippen LogP contribution in [0, 0.1) is 0 Å². The lowest BCUT2D eigenvalue weighted by Gasteiger charge is -2.13. The highest BCUT2D eigenvalue weighted by Gasteiger charge is 2.12. The van der Waals surface area contributed by atoms with E-state index in [9.17, 15) is 5.11 Å². The second kappa shape index (κ2) is 7.53. The van der Waals surface area contributed by atoms with Gasteiger partial charge >= 0.3 is 0 Å². The first-order chi connectivity index (χ1) is 11.7. The van der Waals surface area contributed by atoms with Crippen molar-refractivity contribution >= 4 is 22.8 Å². The third kappa shape index (κ3) is 3.86. The van der Waals surface area contributed by atoms with Crippen molar-refractivity contribution in [3.05, 3.63) is 83.9 Å².